The Balaban J connectivity index is 1.87. The highest BCUT2D eigenvalue weighted by Gasteiger charge is 2.28. The molecule has 0 aliphatic rings. The summed E-state index contributed by atoms with van der Waals surface area (Å²) in [7, 11) is -0.885. The third-order valence-corrected chi connectivity index (χ3v) is 7.01. The van der Waals surface area contributed by atoms with Gasteiger partial charge in [0, 0.05) is 5.56 Å². The molecule has 2 atom stereocenters. The predicted molar refractivity (Wildman–Crippen MR) is 132 cm³/mol. The fraction of sp³-hybridized carbons (Fsp3) is 0.269. The van der Waals surface area contributed by atoms with Gasteiger partial charge in [-0.3, -0.25) is 4.79 Å². The van der Waals surface area contributed by atoms with Gasteiger partial charge in [-0.15, -0.1) is 0 Å². The average Bonchev–Trinajstić information content (AvgIpc) is 2.84. The molecule has 2 N–H and O–H groups in total. The molecule has 0 aliphatic heterocycles. The third-order valence-electron chi connectivity index (χ3n) is 5.54. The molecule has 0 spiro atoms. The van der Waals surface area contributed by atoms with Gasteiger partial charge in [0.25, 0.3) is 0 Å². The molecule has 8 heteroatoms. The van der Waals surface area contributed by atoms with Gasteiger partial charge in [-0.05, 0) is 55.7 Å². The lowest BCUT2D eigenvalue weighted by Gasteiger charge is -2.23. The average molecular weight is 483 g/mol. The summed E-state index contributed by atoms with van der Waals surface area (Å²) >= 11 is 0. The number of para-hydroxylation sites is 1. The van der Waals surface area contributed by atoms with Crippen LogP contribution in [-0.4, -0.2) is 34.6 Å². The summed E-state index contributed by atoms with van der Waals surface area (Å²) in [6.07, 6.45) is 0.194. The molecule has 0 radical (unpaired) electrons. The standard InChI is InChI=1S/C26H30N2O5S/c1-18-16-21(14-15-24(18)32-3)34(30,31)28-23(17-20-10-6-5-7-11-20)26(29)27-19(2)22-12-8-9-13-25(22)33-4/h5-16,19,23,28H,17H2,1-4H3,(H,27,29)/t19-,23+/m0/s1. The second-order valence-corrected chi connectivity index (χ2v) is 9.68. The van der Waals surface area contributed by atoms with Crippen LogP contribution in [0.5, 0.6) is 11.5 Å². The lowest BCUT2D eigenvalue weighted by atomic mass is 10.0. The van der Waals surface area contributed by atoms with Crippen molar-refractivity contribution in [1.82, 2.24) is 10.0 Å². The summed E-state index contributed by atoms with van der Waals surface area (Å²) in [5, 5.41) is 2.93. The van der Waals surface area contributed by atoms with Gasteiger partial charge in [0.05, 0.1) is 25.2 Å². The van der Waals surface area contributed by atoms with E-state index in [9.17, 15) is 13.2 Å². The molecule has 7 nitrogen and oxygen atoms in total. The Morgan fingerprint density at radius 3 is 2.21 bits per heavy atom. The van der Waals surface area contributed by atoms with Crippen molar-refractivity contribution in [2.24, 2.45) is 0 Å². The summed E-state index contributed by atoms with van der Waals surface area (Å²) < 4.78 is 39.6. The summed E-state index contributed by atoms with van der Waals surface area (Å²) in [6.45, 7) is 3.59. The number of aryl methyl sites for hydroxylation is 1. The Kier molecular flexibility index (Phi) is 8.31. The minimum atomic E-state index is -3.98. The molecular weight excluding hydrogens is 452 g/mol. The number of hydrogen-bond donors (Lipinski definition) is 2. The van der Waals surface area contributed by atoms with E-state index in [4.69, 9.17) is 9.47 Å². The minimum Gasteiger partial charge on any atom is -0.496 e. The van der Waals surface area contributed by atoms with Crippen LogP contribution in [0.25, 0.3) is 0 Å². The first-order valence-corrected chi connectivity index (χ1v) is 12.4. The van der Waals surface area contributed by atoms with Crippen molar-refractivity contribution < 1.29 is 22.7 Å². The number of carbonyl (C=O) groups is 1. The molecule has 1 amide bonds. The maximum atomic E-state index is 13.3. The highest BCUT2D eigenvalue weighted by Crippen LogP contribution is 2.25. The predicted octanol–water partition coefficient (Wildman–Crippen LogP) is 3.78. The fourth-order valence-electron chi connectivity index (χ4n) is 3.73. The smallest absolute Gasteiger partial charge is 0.241 e. The van der Waals surface area contributed by atoms with Crippen LogP contribution in [0.3, 0.4) is 0 Å². The second-order valence-electron chi connectivity index (χ2n) is 7.97. The van der Waals surface area contributed by atoms with Crippen molar-refractivity contribution in [1.29, 1.82) is 0 Å². The maximum Gasteiger partial charge on any atom is 0.241 e. The lowest BCUT2D eigenvalue weighted by Crippen LogP contribution is -2.48. The Morgan fingerprint density at radius 2 is 1.56 bits per heavy atom. The number of carbonyl (C=O) groups excluding carboxylic acids is 1. The molecule has 3 aromatic rings. The van der Waals surface area contributed by atoms with Crippen LogP contribution < -0.4 is 19.5 Å². The largest absolute Gasteiger partial charge is 0.496 e. The highest BCUT2D eigenvalue weighted by molar-refractivity contribution is 7.89. The zero-order valence-corrected chi connectivity index (χ0v) is 20.6. The quantitative estimate of drug-likeness (QED) is 0.459. The number of methoxy groups -OCH3 is 2. The molecule has 180 valence electrons. The first kappa shape index (κ1) is 25.3. The van der Waals surface area contributed by atoms with Crippen LogP contribution >= 0.6 is 0 Å². The van der Waals surface area contributed by atoms with Gasteiger partial charge in [0.2, 0.25) is 15.9 Å². The van der Waals surface area contributed by atoms with Gasteiger partial charge in [-0.25, -0.2) is 8.42 Å². The van der Waals surface area contributed by atoms with Crippen molar-refractivity contribution in [2.75, 3.05) is 14.2 Å². The van der Waals surface area contributed by atoms with Crippen LogP contribution in [0.1, 0.15) is 29.7 Å². The number of amides is 1. The summed E-state index contributed by atoms with van der Waals surface area (Å²) in [5.41, 5.74) is 2.31. The molecule has 0 fully saturated rings. The maximum absolute atomic E-state index is 13.3. The molecule has 0 unspecified atom stereocenters. The highest BCUT2D eigenvalue weighted by atomic mass is 32.2. The molecule has 34 heavy (non-hydrogen) atoms. The second kappa shape index (κ2) is 11.2. The van der Waals surface area contributed by atoms with E-state index in [1.165, 1.54) is 19.2 Å². The summed E-state index contributed by atoms with van der Waals surface area (Å²) in [4.78, 5) is 13.4. The molecule has 0 saturated heterocycles. The molecule has 0 bridgehead atoms. The first-order chi connectivity index (χ1) is 16.2. The van der Waals surface area contributed by atoms with Gasteiger partial charge >= 0.3 is 0 Å². The van der Waals surface area contributed by atoms with Crippen LogP contribution in [0, 0.1) is 6.92 Å². The monoisotopic (exact) mass is 482 g/mol. The zero-order chi connectivity index (χ0) is 24.7. The third kappa shape index (κ3) is 6.15. The lowest BCUT2D eigenvalue weighted by molar-refractivity contribution is -0.123. The first-order valence-electron chi connectivity index (χ1n) is 10.9. The summed E-state index contributed by atoms with van der Waals surface area (Å²) in [6, 6.07) is 19.8. The van der Waals surface area contributed by atoms with Gasteiger partial charge in [0.15, 0.2) is 0 Å². The Morgan fingerprint density at radius 1 is 0.912 bits per heavy atom. The van der Waals surface area contributed by atoms with Crippen LogP contribution in [0.2, 0.25) is 0 Å². The Bertz CT molecular complexity index is 1230. The topological polar surface area (TPSA) is 93.7 Å². The Hall–Kier alpha value is -3.36. The molecular formula is C26H30N2O5S. The van der Waals surface area contributed by atoms with Gasteiger partial charge in [-0.1, -0.05) is 48.5 Å². The van der Waals surface area contributed by atoms with E-state index in [0.29, 0.717) is 17.1 Å². The van der Waals surface area contributed by atoms with Crippen molar-refractivity contribution in [3.05, 3.63) is 89.5 Å². The number of sulfonamides is 1. The van der Waals surface area contributed by atoms with Gasteiger partial charge in [-0.2, -0.15) is 4.72 Å². The van der Waals surface area contributed by atoms with E-state index in [1.807, 2.05) is 61.5 Å². The number of benzene rings is 3. The van der Waals surface area contributed by atoms with E-state index >= 15 is 0 Å². The van der Waals surface area contributed by atoms with E-state index in [1.54, 1.807) is 20.1 Å². The van der Waals surface area contributed by atoms with E-state index in [-0.39, 0.29) is 11.3 Å². The van der Waals surface area contributed by atoms with Crippen molar-refractivity contribution >= 4 is 15.9 Å². The zero-order valence-electron chi connectivity index (χ0n) is 19.7. The van der Waals surface area contributed by atoms with Crippen molar-refractivity contribution in [3.63, 3.8) is 0 Å². The van der Waals surface area contributed by atoms with Crippen LogP contribution in [0.15, 0.2) is 77.7 Å². The summed E-state index contributed by atoms with van der Waals surface area (Å²) in [5.74, 6) is 0.795. The number of nitrogens with one attached hydrogen (secondary N) is 2. The number of rotatable bonds is 10. The van der Waals surface area contributed by atoms with Gasteiger partial charge in [0.1, 0.15) is 17.5 Å². The number of hydrogen-bond acceptors (Lipinski definition) is 5. The van der Waals surface area contributed by atoms with Gasteiger partial charge < -0.3 is 14.8 Å². The molecule has 0 aromatic heterocycles. The number of ether oxygens (including phenoxy) is 2. The van der Waals surface area contributed by atoms with E-state index < -0.39 is 28.0 Å². The fourth-order valence-corrected chi connectivity index (χ4v) is 5.01. The molecule has 0 aliphatic carbocycles. The van der Waals surface area contributed by atoms with E-state index in [0.717, 1.165) is 11.1 Å². The minimum absolute atomic E-state index is 0.0643. The SMILES string of the molecule is COc1ccc(S(=O)(=O)N[C@H](Cc2ccccc2)C(=O)N[C@@H](C)c2ccccc2OC)cc1C. The molecule has 3 aromatic carbocycles. The molecule has 0 heterocycles. The van der Waals surface area contributed by atoms with Crippen molar-refractivity contribution in [3.8, 4) is 11.5 Å². The van der Waals surface area contributed by atoms with Crippen LogP contribution in [-0.2, 0) is 21.2 Å². The molecule has 0 saturated carbocycles. The van der Waals surface area contributed by atoms with E-state index in [2.05, 4.69) is 10.0 Å². The Labute approximate surface area is 201 Å². The normalized spacial score (nSPS) is 13.1. The molecule has 3 rings (SSSR count). The van der Waals surface area contributed by atoms with Crippen molar-refractivity contribution in [2.45, 2.75) is 37.2 Å². The van der Waals surface area contributed by atoms with Crippen LogP contribution in [0.4, 0.5) is 0 Å².